The van der Waals surface area contributed by atoms with Gasteiger partial charge in [-0.15, -0.1) is 11.8 Å². The molecule has 0 radical (unpaired) electrons. The SMILES string of the molecule is O=C(NCc1ccc2c(c1)OCCO2)[C@H](Sc1ccccc1)c1ccccc1. The van der Waals surface area contributed by atoms with Gasteiger partial charge in [-0.25, -0.2) is 0 Å². The van der Waals surface area contributed by atoms with Crippen LogP contribution < -0.4 is 14.8 Å². The fourth-order valence-electron chi connectivity index (χ4n) is 3.02. The van der Waals surface area contributed by atoms with Crippen molar-refractivity contribution in [2.24, 2.45) is 0 Å². The maximum absolute atomic E-state index is 13.0. The van der Waals surface area contributed by atoms with Crippen molar-refractivity contribution in [1.29, 1.82) is 0 Å². The van der Waals surface area contributed by atoms with Crippen molar-refractivity contribution >= 4 is 17.7 Å². The zero-order valence-corrected chi connectivity index (χ0v) is 16.2. The second-order valence-corrected chi connectivity index (χ2v) is 7.60. The van der Waals surface area contributed by atoms with Crippen LogP contribution in [0.1, 0.15) is 16.4 Å². The lowest BCUT2D eigenvalue weighted by atomic mass is 10.1. The third kappa shape index (κ3) is 4.49. The number of hydrogen-bond acceptors (Lipinski definition) is 4. The van der Waals surface area contributed by atoms with Crippen LogP contribution in [0.2, 0.25) is 0 Å². The molecular weight excluding hydrogens is 370 g/mol. The molecule has 5 heteroatoms. The van der Waals surface area contributed by atoms with Gasteiger partial charge < -0.3 is 14.8 Å². The number of benzene rings is 3. The van der Waals surface area contributed by atoms with Gasteiger partial charge in [0.05, 0.1) is 0 Å². The lowest BCUT2D eigenvalue weighted by molar-refractivity contribution is -0.120. The van der Waals surface area contributed by atoms with E-state index in [-0.39, 0.29) is 11.2 Å². The van der Waals surface area contributed by atoms with Crippen LogP contribution in [0.15, 0.2) is 83.8 Å². The number of thioether (sulfide) groups is 1. The van der Waals surface area contributed by atoms with E-state index < -0.39 is 0 Å². The van der Waals surface area contributed by atoms with Gasteiger partial charge in [0.2, 0.25) is 5.91 Å². The number of hydrogen-bond donors (Lipinski definition) is 1. The summed E-state index contributed by atoms with van der Waals surface area (Å²) in [7, 11) is 0. The molecule has 0 saturated carbocycles. The van der Waals surface area contributed by atoms with E-state index in [1.807, 2.05) is 78.9 Å². The first-order chi connectivity index (χ1) is 13.8. The van der Waals surface area contributed by atoms with Gasteiger partial charge in [0, 0.05) is 11.4 Å². The summed E-state index contributed by atoms with van der Waals surface area (Å²) >= 11 is 1.55. The van der Waals surface area contributed by atoms with Gasteiger partial charge in [0.1, 0.15) is 18.5 Å². The second kappa shape index (κ2) is 8.85. The van der Waals surface area contributed by atoms with E-state index in [1.165, 1.54) is 0 Å². The highest BCUT2D eigenvalue weighted by Gasteiger charge is 2.22. The Labute approximate surface area is 168 Å². The third-order valence-corrected chi connectivity index (χ3v) is 5.68. The molecule has 1 N–H and O–H groups in total. The molecule has 1 amide bonds. The molecule has 4 rings (SSSR count). The molecule has 0 spiro atoms. The molecule has 0 aliphatic carbocycles. The van der Waals surface area contributed by atoms with Crippen molar-refractivity contribution in [3.63, 3.8) is 0 Å². The van der Waals surface area contributed by atoms with Gasteiger partial charge in [-0.3, -0.25) is 4.79 Å². The summed E-state index contributed by atoms with van der Waals surface area (Å²) in [5.74, 6) is 1.47. The molecule has 1 heterocycles. The molecule has 1 aliphatic heterocycles. The summed E-state index contributed by atoms with van der Waals surface area (Å²) in [6, 6.07) is 25.6. The summed E-state index contributed by atoms with van der Waals surface area (Å²) < 4.78 is 11.2. The maximum atomic E-state index is 13.0. The van der Waals surface area contributed by atoms with Crippen LogP contribution in [0.5, 0.6) is 11.5 Å². The fourth-order valence-corrected chi connectivity index (χ4v) is 4.09. The zero-order chi connectivity index (χ0) is 19.2. The average Bonchev–Trinajstić information content (AvgIpc) is 2.77. The van der Waals surface area contributed by atoms with Crippen LogP contribution in [-0.4, -0.2) is 19.1 Å². The molecule has 0 unspecified atom stereocenters. The predicted molar refractivity (Wildman–Crippen MR) is 111 cm³/mol. The van der Waals surface area contributed by atoms with Gasteiger partial charge in [0.25, 0.3) is 0 Å². The van der Waals surface area contributed by atoms with Crippen molar-refractivity contribution in [2.45, 2.75) is 16.7 Å². The van der Waals surface area contributed by atoms with Crippen LogP contribution in [0.3, 0.4) is 0 Å². The first-order valence-corrected chi connectivity index (χ1v) is 10.1. The summed E-state index contributed by atoms with van der Waals surface area (Å²) in [6.07, 6.45) is 0. The number of rotatable bonds is 6. The van der Waals surface area contributed by atoms with E-state index in [2.05, 4.69) is 5.32 Å². The van der Waals surface area contributed by atoms with Gasteiger partial charge in [-0.05, 0) is 35.4 Å². The van der Waals surface area contributed by atoms with E-state index in [0.29, 0.717) is 19.8 Å². The van der Waals surface area contributed by atoms with Crippen molar-refractivity contribution in [3.05, 3.63) is 90.0 Å². The van der Waals surface area contributed by atoms with Crippen molar-refractivity contribution in [1.82, 2.24) is 5.32 Å². The molecule has 142 valence electrons. The quantitative estimate of drug-likeness (QED) is 0.624. The van der Waals surface area contributed by atoms with E-state index in [1.54, 1.807) is 11.8 Å². The van der Waals surface area contributed by atoms with Crippen molar-refractivity contribution in [3.8, 4) is 11.5 Å². The Morgan fingerprint density at radius 2 is 1.57 bits per heavy atom. The highest BCUT2D eigenvalue weighted by Crippen LogP contribution is 2.35. The van der Waals surface area contributed by atoms with Crippen molar-refractivity contribution < 1.29 is 14.3 Å². The number of carbonyl (C=O) groups is 1. The largest absolute Gasteiger partial charge is 0.486 e. The Hall–Kier alpha value is -2.92. The maximum Gasteiger partial charge on any atom is 0.238 e. The number of fused-ring (bicyclic) bond motifs is 1. The number of amides is 1. The summed E-state index contributed by atoms with van der Waals surface area (Å²) in [4.78, 5) is 14.1. The van der Waals surface area contributed by atoms with Crippen LogP contribution in [-0.2, 0) is 11.3 Å². The summed E-state index contributed by atoms with van der Waals surface area (Å²) in [5, 5.41) is 2.75. The zero-order valence-electron chi connectivity index (χ0n) is 15.3. The molecular formula is C23H21NO3S. The highest BCUT2D eigenvalue weighted by atomic mass is 32.2. The molecule has 1 aliphatic rings. The molecule has 4 nitrogen and oxygen atoms in total. The van der Waals surface area contributed by atoms with Crippen LogP contribution >= 0.6 is 11.8 Å². The Balaban J connectivity index is 1.48. The summed E-state index contributed by atoms with van der Waals surface area (Å²) in [6.45, 7) is 1.55. The van der Waals surface area contributed by atoms with Gasteiger partial charge in [0.15, 0.2) is 11.5 Å². The number of nitrogens with one attached hydrogen (secondary N) is 1. The van der Waals surface area contributed by atoms with Gasteiger partial charge in [-0.2, -0.15) is 0 Å². The van der Waals surface area contributed by atoms with Gasteiger partial charge >= 0.3 is 0 Å². The molecule has 3 aromatic carbocycles. The molecule has 0 fully saturated rings. The average molecular weight is 391 g/mol. The number of ether oxygens (including phenoxy) is 2. The third-order valence-electron chi connectivity index (χ3n) is 4.41. The monoisotopic (exact) mass is 391 g/mol. The van der Waals surface area contributed by atoms with Crippen LogP contribution in [0.25, 0.3) is 0 Å². The minimum atomic E-state index is -0.319. The van der Waals surface area contributed by atoms with E-state index >= 15 is 0 Å². The lowest BCUT2D eigenvalue weighted by Crippen LogP contribution is -2.27. The normalized spacial score (nSPS) is 13.6. The molecule has 0 aromatic heterocycles. The van der Waals surface area contributed by atoms with Crippen LogP contribution in [0, 0.1) is 0 Å². The first-order valence-electron chi connectivity index (χ1n) is 9.22. The van der Waals surface area contributed by atoms with Crippen molar-refractivity contribution in [2.75, 3.05) is 13.2 Å². The molecule has 1 atom stereocenters. The Morgan fingerprint density at radius 1 is 0.893 bits per heavy atom. The highest BCUT2D eigenvalue weighted by molar-refractivity contribution is 8.00. The number of carbonyl (C=O) groups excluding carboxylic acids is 1. The molecule has 28 heavy (non-hydrogen) atoms. The topological polar surface area (TPSA) is 47.6 Å². The molecule has 0 bridgehead atoms. The fraction of sp³-hybridized carbons (Fsp3) is 0.174. The smallest absolute Gasteiger partial charge is 0.238 e. The van der Waals surface area contributed by atoms with E-state index in [0.717, 1.165) is 27.5 Å². The Kier molecular flexibility index (Phi) is 5.83. The van der Waals surface area contributed by atoms with E-state index in [4.69, 9.17) is 9.47 Å². The van der Waals surface area contributed by atoms with E-state index in [9.17, 15) is 4.79 Å². The predicted octanol–water partition coefficient (Wildman–Crippen LogP) is 4.61. The Morgan fingerprint density at radius 3 is 2.32 bits per heavy atom. The standard InChI is InChI=1S/C23H21NO3S/c25-23(24-16-17-11-12-20-21(15-17)27-14-13-26-20)22(18-7-3-1-4-8-18)28-19-9-5-2-6-10-19/h1-12,15,22H,13-14,16H2,(H,24,25)/t22-/m1/s1. The van der Waals surface area contributed by atoms with Crippen LogP contribution in [0.4, 0.5) is 0 Å². The molecule has 0 saturated heterocycles. The summed E-state index contributed by atoms with van der Waals surface area (Å²) in [5.41, 5.74) is 1.96. The minimum absolute atomic E-state index is 0.0186. The first kappa shape index (κ1) is 18.4. The van der Waals surface area contributed by atoms with Gasteiger partial charge in [-0.1, -0.05) is 54.6 Å². The lowest BCUT2D eigenvalue weighted by Gasteiger charge is -2.20. The Bertz CT molecular complexity index is 931. The minimum Gasteiger partial charge on any atom is -0.486 e. The molecule has 3 aromatic rings. The second-order valence-electron chi connectivity index (χ2n) is 6.42.